The first-order chi connectivity index (χ1) is 24.7. The highest BCUT2D eigenvalue weighted by Gasteiger charge is 2.31. The Morgan fingerprint density at radius 1 is 0.615 bits per heavy atom. The van der Waals surface area contributed by atoms with E-state index in [2.05, 4.69) is 35.9 Å². The normalized spacial score (nSPS) is 15.1. The molecule has 276 valence electrons. The first-order valence-electron chi connectivity index (χ1n) is 16.2. The monoisotopic (exact) mass is 730 g/mol. The van der Waals surface area contributed by atoms with E-state index >= 15 is 0 Å². The number of aryl methyl sites for hydroxylation is 2. The SMILES string of the molecule is Cc1ccnnc1N1CCN(C(=O)Nc2ccc(C(F)(F)F)cc2)CC1.Cc1cnnc(N2CCN(C(=O)Nc3ccc(C(F)(F)F)cc3)CC2)c1. The molecule has 2 aliphatic heterocycles. The molecule has 52 heavy (non-hydrogen) atoms. The van der Waals surface area contributed by atoms with Crippen molar-refractivity contribution in [1.29, 1.82) is 0 Å². The maximum absolute atomic E-state index is 12.6. The van der Waals surface area contributed by atoms with E-state index in [1.54, 1.807) is 22.2 Å². The number of urea groups is 2. The third-order valence-electron chi connectivity index (χ3n) is 8.36. The molecule has 0 bridgehead atoms. The highest BCUT2D eigenvalue weighted by Crippen LogP contribution is 2.31. The van der Waals surface area contributed by atoms with Crippen molar-refractivity contribution in [2.24, 2.45) is 0 Å². The molecule has 0 saturated carbocycles. The van der Waals surface area contributed by atoms with Gasteiger partial charge in [0.2, 0.25) is 0 Å². The minimum atomic E-state index is -4.39. The second kappa shape index (κ2) is 16.1. The van der Waals surface area contributed by atoms with Gasteiger partial charge >= 0.3 is 24.4 Å². The smallest absolute Gasteiger partial charge is 0.352 e. The number of anilines is 4. The number of aromatic nitrogens is 4. The lowest BCUT2D eigenvalue weighted by Gasteiger charge is -2.35. The summed E-state index contributed by atoms with van der Waals surface area (Å²) < 4.78 is 75.4. The Morgan fingerprint density at radius 2 is 1.08 bits per heavy atom. The number of amides is 4. The molecule has 12 nitrogen and oxygen atoms in total. The number of nitrogens with zero attached hydrogens (tertiary/aromatic N) is 8. The number of carbonyl (C=O) groups excluding carboxylic acids is 2. The third-order valence-corrected chi connectivity index (χ3v) is 8.36. The predicted octanol–water partition coefficient (Wildman–Crippen LogP) is 6.32. The van der Waals surface area contributed by atoms with E-state index in [4.69, 9.17) is 0 Å². The summed E-state index contributed by atoms with van der Waals surface area (Å²) in [5.74, 6) is 1.57. The lowest BCUT2D eigenvalue weighted by molar-refractivity contribution is -0.138. The van der Waals surface area contributed by atoms with Crippen molar-refractivity contribution in [3.63, 3.8) is 0 Å². The average molecular weight is 731 g/mol. The summed E-state index contributed by atoms with van der Waals surface area (Å²) in [6.45, 7) is 8.28. The van der Waals surface area contributed by atoms with E-state index in [-0.39, 0.29) is 12.1 Å². The van der Waals surface area contributed by atoms with Crippen molar-refractivity contribution in [3.8, 4) is 0 Å². The molecule has 2 fully saturated rings. The zero-order valence-electron chi connectivity index (χ0n) is 28.2. The highest BCUT2D eigenvalue weighted by atomic mass is 19.4. The van der Waals surface area contributed by atoms with Gasteiger partial charge in [-0.05, 0) is 85.6 Å². The molecule has 2 aromatic carbocycles. The molecule has 2 saturated heterocycles. The number of piperazine rings is 2. The van der Waals surface area contributed by atoms with E-state index in [0.717, 1.165) is 47.0 Å². The van der Waals surface area contributed by atoms with Crippen molar-refractivity contribution in [3.05, 3.63) is 95.3 Å². The van der Waals surface area contributed by atoms with Gasteiger partial charge in [0.05, 0.1) is 23.5 Å². The topological polar surface area (TPSA) is 123 Å². The van der Waals surface area contributed by atoms with Crippen molar-refractivity contribution >= 4 is 35.1 Å². The number of rotatable bonds is 4. The molecule has 4 heterocycles. The number of alkyl halides is 6. The maximum atomic E-state index is 12.6. The van der Waals surface area contributed by atoms with E-state index in [0.29, 0.717) is 63.7 Å². The number of halogens is 6. The molecule has 2 aliphatic rings. The Hall–Kier alpha value is -5.68. The largest absolute Gasteiger partial charge is 0.416 e. The minimum Gasteiger partial charge on any atom is -0.352 e. The van der Waals surface area contributed by atoms with E-state index in [1.165, 1.54) is 24.3 Å². The van der Waals surface area contributed by atoms with Crippen LogP contribution in [0.4, 0.5) is 58.9 Å². The summed E-state index contributed by atoms with van der Waals surface area (Å²) in [7, 11) is 0. The molecule has 4 amide bonds. The predicted molar refractivity (Wildman–Crippen MR) is 182 cm³/mol. The van der Waals surface area contributed by atoms with Crippen LogP contribution in [-0.2, 0) is 12.4 Å². The molecule has 2 aromatic heterocycles. The van der Waals surface area contributed by atoms with Crippen LogP contribution >= 0.6 is 0 Å². The molecule has 0 spiro atoms. The number of nitrogens with one attached hydrogen (secondary N) is 2. The van der Waals surface area contributed by atoms with Gasteiger partial charge in [0, 0.05) is 63.7 Å². The number of carbonyl (C=O) groups is 2. The van der Waals surface area contributed by atoms with Gasteiger partial charge in [-0.3, -0.25) is 0 Å². The summed E-state index contributed by atoms with van der Waals surface area (Å²) in [6, 6.07) is 11.9. The van der Waals surface area contributed by atoms with Crippen LogP contribution in [-0.4, -0.2) is 94.6 Å². The van der Waals surface area contributed by atoms with Crippen LogP contribution in [0.1, 0.15) is 22.3 Å². The van der Waals surface area contributed by atoms with Gasteiger partial charge in [0.15, 0.2) is 11.6 Å². The second-order valence-electron chi connectivity index (χ2n) is 12.1. The van der Waals surface area contributed by atoms with Gasteiger partial charge in [-0.1, -0.05) is 0 Å². The number of hydrogen-bond acceptors (Lipinski definition) is 8. The van der Waals surface area contributed by atoms with Crippen molar-refractivity contribution in [2.75, 3.05) is 72.8 Å². The van der Waals surface area contributed by atoms with E-state index in [1.807, 2.05) is 30.9 Å². The molecular formula is C34H36F6N10O2. The Bertz CT molecular complexity index is 1810. The fourth-order valence-corrected chi connectivity index (χ4v) is 5.45. The van der Waals surface area contributed by atoms with Crippen LogP contribution in [0.25, 0.3) is 0 Å². The van der Waals surface area contributed by atoms with Crippen molar-refractivity contribution < 1.29 is 35.9 Å². The lowest BCUT2D eigenvalue weighted by atomic mass is 10.2. The van der Waals surface area contributed by atoms with Gasteiger partial charge in [-0.15, -0.1) is 10.2 Å². The van der Waals surface area contributed by atoms with Gasteiger partial charge < -0.3 is 30.2 Å². The summed E-state index contributed by atoms with van der Waals surface area (Å²) in [5.41, 5.74) is 1.19. The second-order valence-corrected chi connectivity index (χ2v) is 12.1. The van der Waals surface area contributed by atoms with Crippen LogP contribution in [0.15, 0.2) is 73.1 Å². The molecular weight excluding hydrogens is 694 g/mol. The van der Waals surface area contributed by atoms with Gasteiger partial charge in [0.1, 0.15) is 0 Å². The van der Waals surface area contributed by atoms with Crippen molar-refractivity contribution in [2.45, 2.75) is 26.2 Å². The first-order valence-corrected chi connectivity index (χ1v) is 16.2. The lowest BCUT2D eigenvalue weighted by Crippen LogP contribution is -2.50. The molecule has 18 heteroatoms. The molecule has 6 rings (SSSR count). The zero-order chi connectivity index (χ0) is 37.5. The fraction of sp³-hybridized carbons (Fsp3) is 0.353. The Balaban J connectivity index is 0.000000201. The standard InChI is InChI=1S/2C17H18F3N5O/c1-12-10-15(23-21-11-12)24-6-8-25(9-7-24)16(26)22-14-4-2-13(3-5-14)17(18,19)20;1-12-6-7-21-23-15(12)24-8-10-25(11-9-24)16(26)22-14-4-2-13(3-5-14)17(18,19)20/h2-5,10-11H,6-9H2,1H3,(H,22,26);2-7H,8-11H2,1H3,(H,22,26). The quantitative estimate of drug-likeness (QED) is 0.234. The summed E-state index contributed by atoms with van der Waals surface area (Å²) in [5, 5.41) is 21.3. The molecule has 0 unspecified atom stereocenters. The summed E-state index contributed by atoms with van der Waals surface area (Å²) in [4.78, 5) is 31.9. The zero-order valence-corrected chi connectivity index (χ0v) is 28.2. The molecule has 0 atom stereocenters. The van der Waals surface area contributed by atoms with Gasteiger partial charge in [-0.25, -0.2) is 9.59 Å². The van der Waals surface area contributed by atoms with E-state index < -0.39 is 23.5 Å². The third kappa shape index (κ3) is 9.97. The Kier molecular flexibility index (Phi) is 11.6. The molecule has 2 N–H and O–H groups in total. The summed E-state index contributed by atoms with van der Waals surface area (Å²) >= 11 is 0. The Labute approximate surface area is 295 Å². The van der Waals surface area contributed by atoms with Crippen molar-refractivity contribution in [1.82, 2.24) is 30.2 Å². The highest BCUT2D eigenvalue weighted by molar-refractivity contribution is 5.90. The van der Waals surface area contributed by atoms with Gasteiger partial charge in [0.25, 0.3) is 0 Å². The van der Waals surface area contributed by atoms with Crippen LogP contribution in [0, 0.1) is 13.8 Å². The number of benzene rings is 2. The fourth-order valence-electron chi connectivity index (χ4n) is 5.45. The minimum absolute atomic E-state index is 0.329. The van der Waals surface area contributed by atoms with Crippen LogP contribution in [0.2, 0.25) is 0 Å². The molecule has 0 radical (unpaired) electrons. The molecule has 4 aromatic rings. The molecule has 0 aliphatic carbocycles. The summed E-state index contributed by atoms with van der Waals surface area (Å²) in [6.07, 6.45) is -5.47. The number of hydrogen-bond donors (Lipinski definition) is 2. The maximum Gasteiger partial charge on any atom is 0.416 e. The van der Waals surface area contributed by atoms with E-state index in [9.17, 15) is 35.9 Å². The average Bonchev–Trinajstić information content (AvgIpc) is 3.12. The first kappa shape index (κ1) is 37.6. The van der Waals surface area contributed by atoms with Crippen LogP contribution < -0.4 is 20.4 Å². The Morgan fingerprint density at radius 3 is 1.50 bits per heavy atom. The van der Waals surface area contributed by atoms with Crippen LogP contribution in [0.3, 0.4) is 0 Å². The van der Waals surface area contributed by atoms with Crippen LogP contribution in [0.5, 0.6) is 0 Å². The van der Waals surface area contributed by atoms with Gasteiger partial charge in [-0.2, -0.15) is 36.5 Å².